The third kappa shape index (κ3) is 4.20. The zero-order valence-corrected chi connectivity index (χ0v) is 14.0. The minimum Gasteiger partial charge on any atom is -0.507 e. The van der Waals surface area contributed by atoms with Gasteiger partial charge in [-0.2, -0.15) is 13.2 Å². The largest absolute Gasteiger partial charge is 0.507 e. The molecular formula is C16H18F3N5O2. The van der Waals surface area contributed by atoms with Crippen molar-refractivity contribution in [3.8, 4) is 17.0 Å². The lowest BCUT2D eigenvalue weighted by molar-refractivity contribution is -0.137. The van der Waals surface area contributed by atoms with Crippen LogP contribution in [0.4, 0.5) is 19.1 Å². The summed E-state index contributed by atoms with van der Waals surface area (Å²) < 4.78 is 43.6. The smallest absolute Gasteiger partial charge is 0.416 e. The molecule has 0 bridgehead atoms. The van der Waals surface area contributed by atoms with E-state index in [1.165, 1.54) is 0 Å². The highest BCUT2D eigenvalue weighted by Gasteiger charge is 2.31. The number of alkyl halides is 3. The number of aromatic nitrogens is 3. The molecule has 26 heavy (non-hydrogen) atoms. The van der Waals surface area contributed by atoms with Crippen LogP contribution in [0.5, 0.6) is 5.75 Å². The highest BCUT2D eigenvalue weighted by Crippen LogP contribution is 2.36. The molecule has 2 aromatic rings. The Morgan fingerprint density at radius 1 is 1.35 bits per heavy atom. The van der Waals surface area contributed by atoms with E-state index in [4.69, 9.17) is 4.74 Å². The molecule has 1 aromatic carbocycles. The number of morpholine rings is 1. The van der Waals surface area contributed by atoms with E-state index in [-0.39, 0.29) is 23.3 Å². The normalized spacial score (nSPS) is 17.9. The summed E-state index contributed by atoms with van der Waals surface area (Å²) in [5.41, 5.74) is -0.142. The highest BCUT2D eigenvalue weighted by molar-refractivity contribution is 5.69. The van der Waals surface area contributed by atoms with Gasteiger partial charge < -0.3 is 20.5 Å². The summed E-state index contributed by atoms with van der Waals surface area (Å²) in [6.07, 6.45) is -4.54. The van der Waals surface area contributed by atoms with Crippen LogP contribution in [-0.2, 0) is 10.9 Å². The molecule has 7 nitrogen and oxygen atoms in total. The van der Waals surface area contributed by atoms with E-state index < -0.39 is 17.5 Å². The SMILES string of the molecule is Cc1nc(NC[C@@H]2CNCCO2)nnc1-c1ccc(C(F)(F)F)cc1O. The molecule has 1 aliphatic rings. The fraction of sp³-hybridized carbons (Fsp3) is 0.438. The maximum Gasteiger partial charge on any atom is 0.416 e. The molecule has 3 rings (SSSR count). The van der Waals surface area contributed by atoms with Crippen LogP contribution < -0.4 is 10.6 Å². The fourth-order valence-electron chi connectivity index (χ4n) is 2.59. The average Bonchev–Trinajstić information content (AvgIpc) is 2.60. The molecule has 140 valence electrons. The van der Waals surface area contributed by atoms with Crippen molar-refractivity contribution < 1.29 is 23.0 Å². The Morgan fingerprint density at radius 2 is 2.15 bits per heavy atom. The van der Waals surface area contributed by atoms with Crippen molar-refractivity contribution in [3.05, 3.63) is 29.5 Å². The highest BCUT2D eigenvalue weighted by atomic mass is 19.4. The minimum atomic E-state index is -4.53. The number of phenols is 1. The van der Waals surface area contributed by atoms with Crippen molar-refractivity contribution in [2.75, 3.05) is 31.6 Å². The van der Waals surface area contributed by atoms with Gasteiger partial charge in [-0.15, -0.1) is 10.2 Å². The number of phenolic OH excluding ortho intramolecular Hbond substituents is 1. The first-order valence-electron chi connectivity index (χ1n) is 8.02. The van der Waals surface area contributed by atoms with Crippen LogP contribution in [-0.4, -0.2) is 52.6 Å². The molecule has 2 heterocycles. The predicted molar refractivity (Wildman–Crippen MR) is 87.8 cm³/mol. The van der Waals surface area contributed by atoms with Crippen molar-refractivity contribution in [2.24, 2.45) is 0 Å². The van der Waals surface area contributed by atoms with Gasteiger partial charge in [0.2, 0.25) is 5.95 Å². The Labute approximate surface area is 147 Å². The first kappa shape index (κ1) is 18.3. The van der Waals surface area contributed by atoms with E-state index in [2.05, 4.69) is 25.8 Å². The number of nitrogens with zero attached hydrogens (tertiary/aromatic N) is 3. The van der Waals surface area contributed by atoms with Gasteiger partial charge in [-0.25, -0.2) is 4.98 Å². The van der Waals surface area contributed by atoms with Gasteiger partial charge in [0, 0.05) is 25.2 Å². The molecule has 0 spiro atoms. The topological polar surface area (TPSA) is 92.2 Å². The molecule has 1 aliphatic heterocycles. The van der Waals surface area contributed by atoms with Crippen molar-refractivity contribution in [2.45, 2.75) is 19.2 Å². The maximum atomic E-state index is 12.7. The van der Waals surface area contributed by atoms with E-state index in [1.54, 1.807) is 6.92 Å². The van der Waals surface area contributed by atoms with Crippen LogP contribution in [0.1, 0.15) is 11.3 Å². The Balaban J connectivity index is 1.75. The third-order valence-electron chi connectivity index (χ3n) is 3.93. The maximum absolute atomic E-state index is 12.7. The van der Waals surface area contributed by atoms with Crippen LogP contribution in [0.15, 0.2) is 18.2 Å². The molecular weight excluding hydrogens is 351 g/mol. The summed E-state index contributed by atoms with van der Waals surface area (Å²) in [7, 11) is 0. The lowest BCUT2D eigenvalue weighted by atomic mass is 10.1. The molecule has 1 atom stereocenters. The van der Waals surface area contributed by atoms with Crippen LogP contribution in [0, 0.1) is 6.92 Å². The first-order valence-corrected chi connectivity index (χ1v) is 8.02. The summed E-state index contributed by atoms with van der Waals surface area (Å²) in [5, 5.41) is 24.1. The number of nitrogens with one attached hydrogen (secondary N) is 2. The zero-order chi connectivity index (χ0) is 18.7. The summed E-state index contributed by atoms with van der Waals surface area (Å²) in [6.45, 7) is 4.32. The summed E-state index contributed by atoms with van der Waals surface area (Å²) >= 11 is 0. The molecule has 0 aliphatic carbocycles. The van der Waals surface area contributed by atoms with E-state index in [0.717, 1.165) is 25.2 Å². The number of hydrogen-bond donors (Lipinski definition) is 3. The summed E-state index contributed by atoms with van der Waals surface area (Å²) in [4.78, 5) is 4.25. The Morgan fingerprint density at radius 3 is 2.77 bits per heavy atom. The number of halogens is 3. The van der Waals surface area contributed by atoms with Gasteiger partial charge in [-0.3, -0.25) is 0 Å². The number of aromatic hydroxyl groups is 1. The molecule has 1 saturated heterocycles. The van der Waals surface area contributed by atoms with Gasteiger partial charge in [-0.1, -0.05) is 0 Å². The predicted octanol–water partition coefficient (Wildman–Crippen LogP) is 1.97. The minimum absolute atomic E-state index is 0.00806. The number of anilines is 1. The van der Waals surface area contributed by atoms with Gasteiger partial charge in [0.1, 0.15) is 11.4 Å². The van der Waals surface area contributed by atoms with Gasteiger partial charge in [0.15, 0.2) is 0 Å². The monoisotopic (exact) mass is 369 g/mol. The molecule has 3 N–H and O–H groups in total. The van der Waals surface area contributed by atoms with E-state index in [1.807, 2.05) is 0 Å². The second kappa shape index (κ2) is 7.42. The van der Waals surface area contributed by atoms with Crippen molar-refractivity contribution in [1.82, 2.24) is 20.5 Å². The van der Waals surface area contributed by atoms with Crippen molar-refractivity contribution in [3.63, 3.8) is 0 Å². The molecule has 0 unspecified atom stereocenters. The lowest BCUT2D eigenvalue weighted by Gasteiger charge is -2.23. The van der Waals surface area contributed by atoms with Crippen LogP contribution in [0.25, 0.3) is 11.3 Å². The summed E-state index contributed by atoms with van der Waals surface area (Å²) in [6, 6.07) is 2.71. The molecule has 1 aromatic heterocycles. The van der Waals surface area contributed by atoms with Crippen molar-refractivity contribution in [1.29, 1.82) is 0 Å². The lowest BCUT2D eigenvalue weighted by Crippen LogP contribution is -2.42. The quantitative estimate of drug-likeness (QED) is 0.759. The fourth-order valence-corrected chi connectivity index (χ4v) is 2.59. The molecule has 0 amide bonds. The number of benzene rings is 1. The summed E-state index contributed by atoms with van der Waals surface area (Å²) in [5.74, 6) is -0.242. The van der Waals surface area contributed by atoms with Gasteiger partial charge >= 0.3 is 6.18 Å². The second-order valence-corrected chi connectivity index (χ2v) is 5.88. The number of rotatable bonds is 4. The molecule has 1 fully saturated rings. The second-order valence-electron chi connectivity index (χ2n) is 5.88. The van der Waals surface area contributed by atoms with Gasteiger partial charge in [0.05, 0.1) is 24.0 Å². The zero-order valence-electron chi connectivity index (χ0n) is 14.0. The molecule has 0 saturated carbocycles. The van der Waals surface area contributed by atoms with Crippen molar-refractivity contribution >= 4 is 5.95 Å². The van der Waals surface area contributed by atoms with E-state index in [9.17, 15) is 18.3 Å². The Hall–Kier alpha value is -2.46. The van der Waals surface area contributed by atoms with Crippen LogP contribution in [0.2, 0.25) is 0 Å². The standard InChI is InChI=1S/C16H18F3N5O2/c1-9-14(12-3-2-10(6-13(12)25)16(17,18)19)23-24-15(22-9)21-8-11-7-20-4-5-26-11/h2-3,6,11,20,25H,4-5,7-8H2,1H3,(H,21,22,24)/t11-/m0/s1. The van der Waals surface area contributed by atoms with Crippen LogP contribution in [0.3, 0.4) is 0 Å². The molecule has 10 heteroatoms. The van der Waals surface area contributed by atoms with Gasteiger partial charge in [-0.05, 0) is 25.1 Å². The molecule has 0 radical (unpaired) electrons. The van der Waals surface area contributed by atoms with E-state index in [0.29, 0.717) is 24.9 Å². The third-order valence-corrected chi connectivity index (χ3v) is 3.93. The van der Waals surface area contributed by atoms with Crippen LogP contribution >= 0.6 is 0 Å². The number of aryl methyl sites for hydroxylation is 1. The number of hydrogen-bond acceptors (Lipinski definition) is 7. The van der Waals surface area contributed by atoms with Gasteiger partial charge in [0.25, 0.3) is 0 Å². The Kier molecular flexibility index (Phi) is 5.23. The first-order chi connectivity index (χ1) is 12.3. The number of ether oxygens (including phenoxy) is 1. The Bertz CT molecular complexity index is 779. The van der Waals surface area contributed by atoms with E-state index >= 15 is 0 Å². The average molecular weight is 369 g/mol.